The summed E-state index contributed by atoms with van der Waals surface area (Å²) < 4.78 is 11.7. The number of hydrogen-bond donors (Lipinski definition) is 0. The number of methoxy groups -OCH3 is 1. The monoisotopic (exact) mass is 490 g/mol. The molecule has 2 aliphatic heterocycles. The number of benzene rings is 2. The van der Waals surface area contributed by atoms with Crippen molar-refractivity contribution < 1.29 is 14.4 Å². The molecule has 0 bridgehead atoms. The number of nitro groups is 1. The van der Waals surface area contributed by atoms with E-state index in [-0.39, 0.29) is 10.6 Å². The predicted octanol–water partition coefficient (Wildman–Crippen LogP) is 3.50. The Hall–Kier alpha value is -3.76. The lowest BCUT2D eigenvalue weighted by Gasteiger charge is -2.34. The molecule has 0 aliphatic carbocycles. The predicted molar refractivity (Wildman–Crippen MR) is 136 cm³/mol. The van der Waals surface area contributed by atoms with Gasteiger partial charge in [-0.25, -0.2) is 4.98 Å². The number of fused-ring (bicyclic) bond motifs is 1. The van der Waals surface area contributed by atoms with Gasteiger partial charge < -0.3 is 19.3 Å². The van der Waals surface area contributed by atoms with Gasteiger partial charge in [-0.2, -0.15) is 4.98 Å². The maximum atomic E-state index is 11.0. The van der Waals surface area contributed by atoms with Crippen molar-refractivity contribution in [3.05, 3.63) is 75.5 Å². The van der Waals surface area contributed by atoms with Crippen LogP contribution in [-0.4, -0.2) is 71.6 Å². The summed E-state index contributed by atoms with van der Waals surface area (Å²) in [5.74, 6) is 2.65. The number of piperazine rings is 1. The molecule has 5 rings (SSSR count). The Morgan fingerprint density at radius 3 is 2.47 bits per heavy atom. The first kappa shape index (κ1) is 24.0. The van der Waals surface area contributed by atoms with Crippen LogP contribution >= 0.6 is 0 Å². The molecule has 2 aromatic carbocycles. The minimum Gasteiger partial charge on any atom is -0.497 e. The van der Waals surface area contributed by atoms with Gasteiger partial charge in [-0.3, -0.25) is 15.0 Å². The molecule has 188 valence electrons. The van der Waals surface area contributed by atoms with Gasteiger partial charge in [-0.15, -0.1) is 0 Å². The number of hydrogen-bond acceptors (Lipinski definition) is 9. The van der Waals surface area contributed by atoms with Gasteiger partial charge in [-0.1, -0.05) is 18.2 Å². The van der Waals surface area contributed by atoms with Crippen LogP contribution in [0.4, 0.5) is 11.6 Å². The van der Waals surface area contributed by atoms with E-state index in [2.05, 4.69) is 21.7 Å². The average molecular weight is 491 g/mol. The van der Waals surface area contributed by atoms with Gasteiger partial charge in [0.25, 0.3) is 5.69 Å². The van der Waals surface area contributed by atoms with Crippen LogP contribution < -0.4 is 14.4 Å². The second-order valence-electron chi connectivity index (χ2n) is 9.21. The molecule has 10 nitrogen and oxygen atoms in total. The highest BCUT2D eigenvalue weighted by molar-refractivity contribution is 5.45. The highest BCUT2D eigenvalue weighted by atomic mass is 16.6. The van der Waals surface area contributed by atoms with Crippen LogP contribution in [0.3, 0.4) is 0 Å². The molecule has 3 aromatic rings. The van der Waals surface area contributed by atoms with Crippen molar-refractivity contribution in [3.8, 4) is 17.4 Å². The van der Waals surface area contributed by atoms with Gasteiger partial charge in [-0.05, 0) is 24.7 Å². The number of likely N-dealkylation sites (N-methyl/N-ethyl adjacent to an activating group) is 1. The van der Waals surface area contributed by atoms with Gasteiger partial charge in [0.1, 0.15) is 11.5 Å². The third-order valence-corrected chi connectivity index (χ3v) is 6.68. The molecule has 0 atom stereocenters. The highest BCUT2D eigenvalue weighted by Gasteiger charge is 2.26. The summed E-state index contributed by atoms with van der Waals surface area (Å²) in [6.07, 6.45) is 0.778. The van der Waals surface area contributed by atoms with Crippen LogP contribution in [0.2, 0.25) is 0 Å². The molecule has 0 spiro atoms. The molecule has 10 heteroatoms. The fraction of sp³-hybridized carbons (Fsp3) is 0.385. The topological polar surface area (TPSA) is 97.1 Å². The minimum absolute atomic E-state index is 0.0987. The summed E-state index contributed by atoms with van der Waals surface area (Å²) in [5.41, 5.74) is 3.11. The number of nitro benzene ring substituents is 1. The van der Waals surface area contributed by atoms with Gasteiger partial charge in [0, 0.05) is 70.4 Å². The summed E-state index contributed by atoms with van der Waals surface area (Å²) in [6, 6.07) is 14.2. The van der Waals surface area contributed by atoms with Crippen LogP contribution in [0.15, 0.2) is 48.5 Å². The largest absolute Gasteiger partial charge is 0.497 e. The fourth-order valence-electron chi connectivity index (χ4n) is 4.55. The van der Waals surface area contributed by atoms with Crippen LogP contribution in [0.1, 0.15) is 16.8 Å². The molecule has 36 heavy (non-hydrogen) atoms. The Morgan fingerprint density at radius 2 is 1.75 bits per heavy atom. The maximum absolute atomic E-state index is 11.0. The lowest BCUT2D eigenvalue weighted by Crippen LogP contribution is -2.45. The Kier molecular flexibility index (Phi) is 6.97. The van der Waals surface area contributed by atoms with E-state index in [4.69, 9.17) is 19.4 Å². The fourth-order valence-corrected chi connectivity index (χ4v) is 4.55. The number of nitrogens with zero attached hydrogens (tertiary/aromatic N) is 6. The molecule has 1 aromatic heterocycles. The standard InChI is InChI=1S/C26H30N6O4/c1-29-12-14-31(15-13-29)26-27-24-10-11-30(17-19-6-8-20(9-7-19)32(33)34)18-23(24)25(28-26)36-22-5-3-4-21(16-22)35-2/h3-9,16H,10-15,17-18H2,1-2H3. The van der Waals surface area contributed by atoms with E-state index in [1.807, 2.05) is 36.4 Å². The first-order valence-electron chi connectivity index (χ1n) is 12.1. The number of aromatic nitrogens is 2. The van der Waals surface area contributed by atoms with Crippen molar-refractivity contribution in [2.24, 2.45) is 0 Å². The van der Waals surface area contributed by atoms with Crippen LogP contribution in [0.25, 0.3) is 0 Å². The first-order chi connectivity index (χ1) is 17.5. The van der Waals surface area contributed by atoms with Gasteiger partial charge in [0.05, 0.1) is 23.3 Å². The lowest BCUT2D eigenvalue weighted by atomic mass is 10.1. The maximum Gasteiger partial charge on any atom is 0.269 e. The molecule has 3 heterocycles. The third kappa shape index (κ3) is 5.39. The van der Waals surface area contributed by atoms with E-state index in [1.165, 1.54) is 0 Å². The molecule has 0 unspecified atom stereocenters. The molecule has 2 aliphatic rings. The second kappa shape index (κ2) is 10.5. The van der Waals surface area contributed by atoms with Crippen molar-refractivity contribution in [1.29, 1.82) is 0 Å². The van der Waals surface area contributed by atoms with Crippen molar-refractivity contribution in [3.63, 3.8) is 0 Å². The Morgan fingerprint density at radius 1 is 1.00 bits per heavy atom. The zero-order valence-corrected chi connectivity index (χ0v) is 20.6. The van der Waals surface area contributed by atoms with Crippen molar-refractivity contribution in [2.75, 3.05) is 51.8 Å². The van der Waals surface area contributed by atoms with E-state index < -0.39 is 0 Å². The summed E-state index contributed by atoms with van der Waals surface area (Å²) in [7, 11) is 3.76. The first-order valence-corrected chi connectivity index (χ1v) is 12.1. The van der Waals surface area contributed by atoms with E-state index in [0.29, 0.717) is 30.7 Å². The number of anilines is 1. The van der Waals surface area contributed by atoms with E-state index in [0.717, 1.165) is 61.7 Å². The molecular formula is C26H30N6O4. The SMILES string of the molecule is COc1cccc(Oc2nc(N3CCN(C)CC3)nc3c2CN(Cc2ccc([N+](=O)[O-])cc2)CC3)c1. The van der Waals surface area contributed by atoms with E-state index in [1.54, 1.807) is 19.2 Å². The Labute approximate surface area is 210 Å². The number of non-ortho nitro benzene ring substituents is 1. The summed E-state index contributed by atoms with van der Waals surface area (Å²) in [4.78, 5) is 27.3. The van der Waals surface area contributed by atoms with Crippen molar-refractivity contribution in [1.82, 2.24) is 19.8 Å². The molecule has 1 fully saturated rings. The summed E-state index contributed by atoms with van der Waals surface area (Å²) in [5, 5.41) is 11.0. The van der Waals surface area contributed by atoms with Crippen LogP contribution in [0.5, 0.6) is 17.4 Å². The van der Waals surface area contributed by atoms with Crippen LogP contribution in [0, 0.1) is 10.1 Å². The quantitative estimate of drug-likeness (QED) is 0.364. The minimum atomic E-state index is -0.377. The number of ether oxygens (including phenoxy) is 2. The van der Waals surface area contributed by atoms with E-state index >= 15 is 0 Å². The molecule has 0 radical (unpaired) electrons. The second-order valence-corrected chi connectivity index (χ2v) is 9.21. The third-order valence-electron chi connectivity index (χ3n) is 6.68. The average Bonchev–Trinajstić information content (AvgIpc) is 2.89. The summed E-state index contributed by atoms with van der Waals surface area (Å²) in [6.45, 7) is 5.83. The molecule has 0 N–H and O–H groups in total. The molecular weight excluding hydrogens is 460 g/mol. The van der Waals surface area contributed by atoms with Gasteiger partial charge in [0.15, 0.2) is 0 Å². The molecule has 0 saturated carbocycles. The molecule has 1 saturated heterocycles. The molecule has 0 amide bonds. The zero-order chi connectivity index (χ0) is 25.1. The van der Waals surface area contributed by atoms with Gasteiger partial charge >= 0.3 is 0 Å². The highest BCUT2D eigenvalue weighted by Crippen LogP contribution is 2.33. The zero-order valence-electron chi connectivity index (χ0n) is 20.6. The van der Waals surface area contributed by atoms with E-state index in [9.17, 15) is 10.1 Å². The normalized spacial score (nSPS) is 16.4. The van der Waals surface area contributed by atoms with Crippen LogP contribution in [-0.2, 0) is 19.5 Å². The Balaban J connectivity index is 1.42. The van der Waals surface area contributed by atoms with Crippen molar-refractivity contribution in [2.45, 2.75) is 19.5 Å². The Bertz CT molecular complexity index is 1230. The van der Waals surface area contributed by atoms with Gasteiger partial charge in [0.2, 0.25) is 11.8 Å². The van der Waals surface area contributed by atoms with Crippen molar-refractivity contribution >= 4 is 11.6 Å². The number of rotatable bonds is 7. The lowest BCUT2D eigenvalue weighted by molar-refractivity contribution is -0.384. The smallest absolute Gasteiger partial charge is 0.269 e. The summed E-state index contributed by atoms with van der Waals surface area (Å²) >= 11 is 0.